The van der Waals surface area contributed by atoms with Crippen LogP contribution in [-0.4, -0.2) is 36.7 Å². The molecule has 1 aliphatic rings. The number of hydrogen-bond donors (Lipinski definition) is 1. The molecule has 0 bridgehead atoms. The van der Waals surface area contributed by atoms with Crippen molar-refractivity contribution in [3.05, 3.63) is 35.9 Å². The van der Waals surface area contributed by atoms with Crippen molar-refractivity contribution in [2.45, 2.75) is 39.3 Å². The molecule has 1 fully saturated rings. The minimum Gasteiger partial charge on any atom is -0.450 e. The van der Waals surface area contributed by atoms with Gasteiger partial charge in [0.1, 0.15) is 0 Å². The second-order valence-electron chi connectivity index (χ2n) is 6.01. The van der Waals surface area contributed by atoms with E-state index in [1.165, 1.54) is 5.56 Å². The average molecular weight is 290 g/mol. The van der Waals surface area contributed by atoms with Crippen LogP contribution in [0.25, 0.3) is 0 Å². The number of rotatable bonds is 4. The molecule has 0 aromatic heterocycles. The molecule has 2 unspecified atom stereocenters. The Labute approximate surface area is 127 Å². The van der Waals surface area contributed by atoms with E-state index in [0.717, 1.165) is 13.0 Å². The Balaban J connectivity index is 2.10. The molecule has 0 aliphatic carbocycles. The number of amides is 1. The summed E-state index contributed by atoms with van der Waals surface area (Å²) in [6, 6.07) is 10.7. The summed E-state index contributed by atoms with van der Waals surface area (Å²) in [6.45, 7) is 8.13. The van der Waals surface area contributed by atoms with Crippen molar-refractivity contribution in [2.75, 3.05) is 19.7 Å². The number of carbonyl (C=O) groups excluding carboxylic acids is 1. The summed E-state index contributed by atoms with van der Waals surface area (Å²) in [5.41, 5.74) is 1.22. The smallest absolute Gasteiger partial charge is 0.410 e. The van der Waals surface area contributed by atoms with Crippen LogP contribution in [0.2, 0.25) is 0 Å². The standard InChI is InChI=1S/C17H26N2O2/c1-4-21-17(20)19-12-16(14-8-6-5-7-9-14)18-11-15(19)10-13(2)3/h5-9,13,15-16,18H,4,10-12H2,1-3H3. The molecular weight excluding hydrogens is 264 g/mol. The molecule has 4 heteroatoms. The normalized spacial score (nSPS) is 22.4. The summed E-state index contributed by atoms with van der Waals surface area (Å²) in [5.74, 6) is 0.557. The van der Waals surface area contributed by atoms with Crippen LogP contribution in [-0.2, 0) is 4.74 Å². The largest absolute Gasteiger partial charge is 0.450 e. The topological polar surface area (TPSA) is 41.6 Å². The first-order valence-electron chi connectivity index (χ1n) is 7.83. The third-order valence-corrected chi connectivity index (χ3v) is 3.87. The Morgan fingerprint density at radius 1 is 1.38 bits per heavy atom. The molecule has 1 aromatic carbocycles. The van der Waals surface area contributed by atoms with Gasteiger partial charge < -0.3 is 15.0 Å². The van der Waals surface area contributed by atoms with Gasteiger partial charge in [-0.15, -0.1) is 0 Å². The minimum atomic E-state index is -0.189. The van der Waals surface area contributed by atoms with Gasteiger partial charge in [0.25, 0.3) is 0 Å². The van der Waals surface area contributed by atoms with Crippen LogP contribution in [0.1, 0.15) is 38.8 Å². The van der Waals surface area contributed by atoms with Gasteiger partial charge in [0.05, 0.1) is 12.6 Å². The van der Waals surface area contributed by atoms with E-state index in [9.17, 15) is 4.79 Å². The first-order valence-corrected chi connectivity index (χ1v) is 7.83. The van der Waals surface area contributed by atoms with Gasteiger partial charge in [0.15, 0.2) is 0 Å². The zero-order valence-corrected chi connectivity index (χ0v) is 13.2. The van der Waals surface area contributed by atoms with Gasteiger partial charge in [0, 0.05) is 19.1 Å². The highest BCUT2D eigenvalue weighted by Gasteiger charge is 2.33. The zero-order valence-electron chi connectivity index (χ0n) is 13.2. The van der Waals surface area contributed by atoms with Crippen LogP contribution in [0, 0.1) is 5.92 Å². The fourth-order valence-electron chi connectivity index (χ4n) is 2.89. The molecule has 0 spiro atoms. The monoisotopic (exact) mass is 290 g/mol. The van der Waals surface area contributed by atoms with E-state index in [-0.39, 0.29) is 18.2 Å². The molecular formula is C17H26N2O2. The molecule has 1 amide bonds. The predicted octanol–water partition coefficient (Wildman–Crippen LogP) is 3.20. The van der Waals surface area contributed by atoms with E-state index in [0.29, 0.717) is 19.1 Å². The summed E-state index contributed by atoms with van der Waals surface area (Å²) in [4.78, 5) is 14.1. The van der Waals surface area contributed by atoms with E-state index >= 15 is 0 Å². The first kappa shape index (κ1) is 15.8. The molecule has 21 heavy (non-hydrogen) atoms. The third kappa shape index (κ3) is 4.21. The second kappa shape index (κ2) is 7.46. The van der Waals surface area contributed by atoms with Gasteiger partial charge in [-0.2, -0.15) is 0 Å². The Morgan fingerprint density at radius 3 is 2.71 bits per heavy atom. The molecule has 1 saturated heterocycles. The van der Waals surface area contributed by atoms with Crippen molar-refractivity contribution in [3.63, 3.8) is 0 Å². The van der Waals surface area contributed by atoms with Crippen LogP contribution >= 0.6 is 0 Å². The zero-order chi connectivity index (χ0) is 15.2. The van der Waals surface area contributed by atoms with Gasteiger partial charge in [-0.3, -0.25) is 0 Å². The van der Waals surface area contributed by atoms with E-state index in [4.69, 9.17) is 4.74 Å². The second-order valence-corrected chi connectivity index (χ2v) is 6.01. The van der Waals surface area contributed by atoms with Crippen LogP contribution in [0.4, 0.5) is 4.79 Å². The van der Waals surface area contributed by atoms with Gasteiger partial charge in [-0.05, 0) is 24.8 Å². The molecule has 4 nitrogen and oxygen atoms in total. The molecule has 2 rings (SSSR count). The molecule has 1 heterocycles. The SMILES string of the molecule is CCOC(=O)N1CC(c2ccccc2)NCC1CC(C)C. The highest BCUT2D eigenvalue weighted by Crippen LogP contribution is 2.23. The van der Waals surface area contributed by atoms with Crippen molar-refractivity contribution in [1.29, 1.82) is 0 Å². The maximum atomic E-state index is 12.2. The molecule has 2 atom stereocenters. The summed E-state index contributed by atoms with van der Waals surface area (Å²) < 4.78 is 5.24. The highest BCUT2D eigenvalue weighted by molar-refractivity contribution is 5.68. The minimum absolute atomic E-state index is 0.180. The summed E-state index contributed by atoms with van der Waals surface area (Å²) >= 11 is 0. The van der Waals surface area contributed by atoms with Crippen molar-refractivity contribution in [3.8, 4) is 0 Å². The predicted molar refractivity (Wildman–Crippen MR) is 84.2 cm³/mol. The van der Waals surface area contributed by atoms with E-state index in [2.05, 4.69) is 31.3 Å². The van der Waals surface area contributed by atoms with Crippen LogP contribution < -0.4 is 5.32 Å². The van der Waals surface area contributed by atoms with Crippen LogP contribution in [0.5, 0.6) is 0 Å². The fourth-order valence-corrected chi connectivity index (χ4v) is 2.89. The van der Waals surface area contributed by atoms with Crippen LogP contribution in [0.3, 0.4) is 0 Å². The molecule has 1 aromatic rings. The molecule has 0 saturated carbocycles. The lowest BCUT2D eigenvalue weighted by atomic mass is 9.97. The fraction of sp³-hybridized carbons (Fsp3) is 0.588. The number of ether oxygens (including phenoxy) is 1. The van der Waals surface area contributed by atoms with Gasteiger partial charge in [-0.25, -0.2) is 4.79 Å². The third-order valence-electron chi connectivity index (χ3n) is 3.87. The van der Waals surface area contributed by atoms with Gasteiger partial charge in [-0.1, -0.05) is 44.2 Å². The average Bonchev–Trinajstić information content (AvgIpc) is 2.48. The number of carbonyl (C=O) groups is 1. The van der Waals surface area contributed by atoms with Gasteiger partial charge in [0.2, 0.25) is 0 Å². The summed E-state index contributed by atoms with van der Waals surface area (Å²) in [5, 5.41) is 3.57. The molecule has 0 radical (unpaired) electrons. The Morgan fingerprint density at radius 2 is 2.10 bits per heavy atom. The van der Waals surface area contributed by atoms with Crippen molar-refractivity contribution in [2.24, 2.45) is 5.92 Å². The molecule has 1 N–H and O–H groups in total. The Bertz CT molecular complexity index is 447. The number of benzene rings is 1. The highest BCUT2D eigenvalue weighted by atomic mass is 16.6. The summed E-state index contributed by atoms with van der Waals surface area (Å²) in [7, 11) is 0. The lowest BCUT2D eigenvalue weighted by molar-refractivity contribution is 0.0653. The lowest BCUT2D eigenvalue weighted by Crippen LogP contribution is -2.55. The number of hydrogen-bond acceptors (Lipinski definition) is 3. The first-order chi connectivity index (χ1) is 10.1. The molecule has 1 aliphatic heterocycles. The number of nitrogens with zero attached hydrogens (tertiary/aromatic N) is 1. The van der Waals surface area contributed by atoms with Crippen molar-refractivity contribution in [1.82, 2.24) is 10.2 Å². The Kier molecular flexibility index (Phi) is 5.62. The van der Waals surface area contributed by atoms with E-state index < -0.39 is 0 Å². The van der Waals surface area contributed by atoms with Crippen LogP contribution in [0.15, 0.2) is 30.3 Å². The van der Waals surface area contributed by atoms with Crippen molar-refractivity contribution >= 4 is 6.09 Å². The summed E-state index contributed by atoms with van der Waals surface area (Å²) in [6.07, 6.45) is 0.804. The van der Waals surface area contributed by atoms with E-state index in [1.54, 1.807) is 0 Å². The van der Waals surface area contributed by atoms with E-state index in [1.807, 2.05) is 30.0 Å². The number of piperazine rings is 1. The quantitative estimate of drug-likeness (QED) is 0.926. The lowest BCUT2D eigenvalue weighted by Gasteiger charge is -2.40. The van der Waals surface area contributed by atoms with Gasteiger partial charge >= 0.3 is 6.09 Å². The van der Waals surface area contributed by atoms with Crippen molar-refractivity contribution < 1.29 is 9.53 Å². The Hall–Kier alpha value is -1.55. The maximum absolute atomic E-state index is 12.2. The number of nitrogens with one attached hydrogen (secondary N) is 1. The molecule has 116 valence electrons. The maximum Gasteiger partial charge on any atom is 0.410 e.